The predicted octanol–water partition coefficient (Wildman–Crippen LogP) is 3.54. The van der Waals surface area contributed by atoms with Gasteiger partial charge in [-0.1, -0.05) is 16.7 Å². The van der Waals surface area contributed by atoms with E-state index in [9.17, 15) is 0 Å². The molecule has 21 heavy (non-hydrogen) atoms. The lowest BCUT2D eigenvalue weighted by atomic mass is 10.1. The van der Waals surface area contributed by atoms with Crippen molar-refractivity contribution in [2.75, 3.05) is 17.6 Å². The van der Waals surface area contributed by atoms with Crippen molar-refractivity contribution >= 4 is 41.8 Å². The van der Waals surface area contributed by atoms with E-state index >= 15 is 0 Å². The highest BCUT2D eigenvalue weighted by Gasteiger charge is 2.21. The number of nitrogens with zero attached hydrogens (tertiary/aromatic N) is 2. The summed E-state index contributed by atoms with van der Waals surface area (Å²) in [6.45, 7) is 4.36. The molecule has 0 aliphatic carbocycles. The number of nitrogens with one attached hydrogen (secondary N) is 1. The van der Waals surface area contributed by atoms with Crippen LogP contribution >= 0.6 is 35.8 Å². The van der Waals surface area contributed by atoms with Crippen LogP contribution in [0.5, 0.6) is 0 Å². The highest BCUT2D eigenvalue weighted by Crippen LogP contribution is 2.20. The lowest BCUT2D eigenvalue weighted by Gasteiger charge is -2.11. The number of anilines is 1. The van der Waals surface area contributed by atoms with Gasteiger partial charge in [0.05, 0.1) is 5.54 Å². The summed E-state index contributed by atoms with van der Waals surface area (Å²) in [6.07, 6.45) is 0. The topological polar surface area (TPSA) is 77.0 Å². The maximum Gasteiger partial charge on any atom is 0.315 e. The first-order valence-electron chi connectivity index (χ1n) is 6.20. The van der Waals surface area contributed by atoms with E-state index in [1.807, 2.05) is 38.1 Å². The molecule has 0 bridgehead atoms. The summed E-state index contributed by atoms with van der Waals surface area (Å²) in [5, 5.41) is 11.6. The second-order valence-electron chi connectivity index (χ2n) is 4.86. The number of rotatable bonds is 6. The molecule has 2 rings (SSSR count). The summed E-state index contributed by atoms with van der Waals surface area (Å²) in [5.41, 5.74) is 5.25. The van der Waals surface area contributed by atoms with Crippen LogP contribution in [0.15, 0.2) is 33.6 Å². The Balaban J connectivity index is 0.00000220. The van der Waals surface area contributed by atoms with Crippen LogP contribution in [0.2, 0.25) is 5.02 Å². The molecule has 8 heteroatoms. The summed E-state index contributed by atoms with van der Waals surface area (Å²) in [6, 6.07) is 8.15. The fourth-order valence-corrected chi connectivity index (χ4v) is 2.31. The number of benzene rings is 1. The molecule has 1 aromatic heterocycles. The van der Waals surface area contributed by atoms with Gasteiger partial charge in [-0.3, -0.25) is 0 Å². The van der Waals surface area contributed by atoms with Crippen LogP contribution in [0.25, 0.3) is 0 Å². The zero-order valence-electron chi connectivity index (χ0n) is 11.8. The van der Waals surface area contributed by atoms with Crippen molar-refractivity contribution in [3.63, 3.8) is 0 Å². The number of hydrogen-bond acceptors (Lipinski definition) is 6. The van der Waals surface area contributed by atoms with Crippen LogP contribution in [-0.2, 0) is 5.54 Å². The Morgan fingerprint density at radius 3 is 2.52 bits per heavy atom. The third kappa shape index (κ3) is 5.74. The molecule has 0 aliphatic rings. The van der Waals surface area contributed by atoms with Crippen LogP contribution in [-0.4, -0.2) is 22.5 Å². The standard InChI is InChI=1S/C13H17ClN4OS.ClH/c1-13(2,15)11-17-18-12(19-11)16-7-8-20-10-5-3-9(14)4-6-10;/h3-6H,7-8,15H2,1-2H3,(H,16,18);1H. The van der Waals surface area contributed by atoms with Crippen LogP contribution in [0, 0.1) is 0 Å². The normalized spacial score (nSPS) is 11.0. The van der Waals surface area contributed by atoms with Gasteiger partial charge in [0.15, 0.2) is 0 Å². The Morgan fingerprint density at radius 2 is 1.95 bits per heavy atom. The van der Waals surface area contributed by atoms with Crippen molar-refractivity contribution in [3.8, 4) is 0 Å². The molecule has 0 fully saturated rings. The van der Waals surface area contributed by atoms with Crippen molar-refractivity contribution in [1.29, 1.82) is 0 Å². The Bertz CT molecular complexity index is 554. The van der Waals surface area contributed by atoms with E-state index < -0.39 is 5.54 Å². The first-order chi connectivity index (χ1) is 9.45. The molecule has 3 N–H and O–H groups in total. The van der Waals surface area contributed by atoms with Gasteiger partial charge in [-0.15, -0.1) is 29.3 Å². The third-order valence-electron chi connectivity index (χ3n) is 2.44. The monoisotopic (exact) mass is 348 g/mol. The molecule has 0 radical (unpaired) electrons. The summed E-state index contributed by atoms with van der Waals surface area (Å²) < 4.78 is 5.43. The minimum Gasteiger partial charge on any atom is -0.406 e. The van der Waals surface area contributed by atoms with Crippen molar-refractivity contribution in [1.82, 2.24) is 10.2 Å². The lowest BCUT2D eigenvalue weighted by Crippen LogP contribution is -2.29. The second kappa shape index (κ2) is 7.89. The van der Waals surface area contributed by atoms with Crippen LogP contribution in [0.3, 0.4) is 0 Å². The lowest BCUT2D eigenvalue weighted by molar-refractivity contribution is 0.384. The molecule has 0 aliphatic heterocycles. The molecule has 1 aromatic carbocycles. The molecule has 0 amide bonds. The third-order valence-corrected chi connectivity index (χ3v) is 3.70. The van der Waals surface area contributed by atoms with Crippen molar-refractivity contribution in [2.45, 2.75) is 24.3 Å². The summed E-state index contributed by atoms with van der Waals surface area (Å²) in [5.74, 6) is 1.30. The summed E-state index contributed by atoms with van der Waals surface area (Å²) in [7, 11) is 0. The maximum atomic E-state index is 5.87. The maximum absolute atomic E-state index is 5.87. The van der Waals surface area contributed by atoms with Gasteiger partial charge < -0.3 is 15.5 Å². The fraction of sp³-hybridized carbons (Fsp3) is 0.385. The number of thioether (sulfide) groups is 1. The Hall–Kier alpha value is -0.950. The zero-order valence-corrected chi connectivity index (χ0v) is 14.2. The molecular weight excluding hydrogens is 331 g/mol. The van der Waals surface area contributed by atoms with E-state index in [2.05, 4.69) is 15.5 Å². The van der Waals surface area contributed by atoms with E-state index in [-0.39, 0.29) is 12.4 Å². The van der Waals surface area contributed by atoms with E-state index in [1.54, 1.807) is 11.8 Å². The van der Waals surface area contributed by atoms with Gasteiger partial charge in [0.1, 0.15) is 0 Å². The van der Waals surface area contributed by atoms with Gasteiger partial charge in [-0.25, -0.2) is 0 Å². The van der Waals surface area contributed by atoms with Gasteiger partial charge >= 0.3 is 6.01 Å². The smallest absolute Gasteiger partial charge is 0.315 e. The number of hydrogen-bond donors (Lipinski definition) is 2. The largest absolute Gasteiger partial charge is 0.406 e. The van der Waals surface area contributed by atoms with E-state index in [4.69, 9.17) is 21.8 Å². The van der Waals surface area contributed by atoms with E-state index in [0.29, 0.717) is 11.9 Å². The summed E-state index contributed by atoms with van der Waals surface area (Å²) in [4.78, 5) is 1.17. The molecule has 116 valence electrons. The molecule has 0 spiro atoms. The SMILES string of the molecule is CC(C)(N)c1nnc(NCCSc2ccc(Cl)cc2)o1.Cl. The van der Waals surface area contributed by atoms with Crippen molar-refractivity contribution in [3.05, 3.63) is 35.2 Å². The first-order valence-corrected chi connectivity index (χ1v) is 7.56. The quantitative estimate of drug-likeness (QED) is 0.614. The van der Waals surface area contributed by atoms with E-state index in [0.717, 1.165) is 17.3 Å². The average Bonchev–Trinajstić information content (AvgIpc) is 2.85. The highest BCUT2D eigenvalue weighted by atomic mass is 35.5. The van der Waals surface area contributed by atoms with Crippen molar-refractivity contribution in [2.24, 2.45) is 5.73 Å². The number of nitrogens with two attached hydrogens (primary N) is 1. The minimum absolute atomic E-state index is 0. The Labute approximate surface area is 139 Å². The van der Waals surface area contributed by atoms with Crippen LogP contribution in [0.1, 0.15) is 19.7 Å². The highest BCUT2D eigenvalue weighted by molar-refractivity contribution is 7.99. The zero-order chi connectivity index (χ0) is 14.6. The molecular formula is C13H18Cl2N4OS. The van der Waals surface area contributed by atoms with Crippen molar-refractivity contribution < 1.29 is 4.42 Å². The molecule has 0 saturated carbocycles. The molecule has 5 nitrogen and oxygen atoms in total. The predicted molar refractivity (Wildman–Crippen MR) is 89.4 cm³/mol. The van der Waals surface area contributed by atoms with E-state index in [1.165, 1.54) is 4.90 Å². The Morgan fingerprint density at radius 1 is 1.29 bits per heavy atom. The van der Waals surface area contributed by atoms with Gasteiger partial charge in [0.2, 0.25) is 5.89 Å². The molecule has 0 atom stereocenters. The van der Waals surface area contributed by atoms with Gasteiger partial charge in [0.25, 0.3) is 0 Å². The number of halogens is 2. The molecule has 2 aromatic rings. The fourth-order valence-electron chi connectivity index (χ4n) is 1.41. The molecule has 1 heterocycles. The van der Waals surface area contributed by atoms with Gasteiger partial charge in [-0.2, -0.15) is 0 Å². The van der Waals surface area contributed by atoms with Crippen LogP contribution in [0.4, 0.5) is 6.01 Å². The second-order valence-corrected chi connectivity index (χ2v) is 6.47. The number of aromatic nitrogens is 2. The molecule has 0 saturated heterocycles. The average molecular weight is 349 g/mol. The first kappa shape index (κ1) is 18.1. The van der Waals surface area contributed by atoms with Gasteiger partial charge in [0, 0.05) is 22.2 Å². The molecule has 0 unspecified atom stereocenters. The minimum atomic E-state index is -0.620. The summed E-state index contributed by atoms with van der Waals surface area (Å²) >= 11 is 7.56. The van der Waals surface area contributed by atoms with Gasteiger partial charge in [-0.05, 0) is 38.1 Å². The van der Waals surface area contributed by atoms with Crippen LogP contribution < -0.4 is 11.1 Å². The Kier molecular flexibility index (Phi) is 6.80.